The maximum absolute atomic E-state index is 12.7. The van der Waals surface area contributed by atoms with E-state index in [4.69, 9.17) is 21.4 Å². The fraction of sp³-hybridized carbons (Fsp3) is 0.190. The van der Waals surface area contributed by atoms with Crippen molar-refractivity contribution in [1.82, 2.24) is 4.57 Å². The van der Waals surface area contributed by atoms with Gasteiger partial charge in [0.15, 0.2) is 6.61 Å². The van der Waals surface area contributed by atoms with Gasteiger partial charge in [-0.15, -0.1) is 0 Å². The first-order valence-corrected chi connectivity index (χ1v) is 8.92. The van der Waals surface area contributed by atoms with Crippen LogP contribution in [0.15, 0.2) is 48.5 Å². The predicted molar refractivity (Wildman–Crippen MR) is 109 cm³/mol. The van der Waals surface area contributed by atoms with Crippen LogP contribution < -0.4 is 4.74 Å². The number of ether oxygens (including phenoxy) is 2. The lowest BCUT2D eigenvalue weighted by atomic mass is 10.2. The van der Waals surface area contributed by atoms with Crippen LogP contribution in [0.5, 0.6) is 5.75 Å². The SMILES string of the molecule is CC(=O)OCC(=O)O.COc1ccc2c(c1)cc(C)n2C(=O)c1ccc(Cl)cc1. The maximum atomic E-state index is 12.7. The first kappa shape index (κ1) is 22.0. The van der Waals surface area contributed by atoms with E-state index in [-0.39, 0.29) is 5.91 Å². The Bertz CT molecular complexity index is 1030. The van der Waals surface area contributed by atoms with Crippen molar-refractivity contribution in [3.8, 4) is 5.75 Å². The molecule has 0 saturated carbocycles. The summed E-state index contributed by atoms with van der Waals surface area (Å²) in [6, 6.07) is 14.6. The number of carboxylic acids is 1. The minimum Gasteiger partial charge on any atom is -0.497 e. The molecule has 7 nitrogen and oxygen atoms in total. The number of aromatic nitrogens is 1. The lowest BCUT2D eigenvalue weighted by Gasteiger charge is -2.07. The molecule has 0 fully saturated rings. The molecule has 0 aliphatic carbocycles. The molecule has 0 radical (unpaired) electrons. The normalized spacial score (nSPS) is 10.1. The average Bonchev–Trinajstić information content (AvgIpc) is 3.01. The van der Waals surface area contributed by atoms with Crippen LogP contribution in [0, 0.1) is 6.92 Å². The quantitative estimate of drug-likeness (QED) is 0.646. The molecule has 3 aromatic rings. The maximum Gasteiger partial charge on any atom is 0.341 e. The van der Waals surface area contributed by atoms with E-state index in [9.17, 15) is 14.4 Å². The topological polar surface area (TPSA) is 94.8 Å². The number of aliphatic carboxylic acids is 1. The molecule has 1 aromatic heterocycles. The van der Waals surface area contributed by atoms with Crippen LogP contribution in [0.2, 0.25) is 5.02 Å². The lowest BCUT2D eigenvalue weighted by molar-refractivity contribution is -0.153. The van der Waals surface area contributed by atoms with E-state index in [0.717, 1.165) is 29.3 Å². The molecule has 152 valence electrons. The number of esters is 1. The zero-order chi connectivity index (χ0) is 21.6. The Morgan fingerprint density at radius 2 is 1.72 bits per heavy atom. The summed E-state index contributed by atoms with van der Waals surface area (Å²) >= 11 is 5.87. The van der Waals surface area contributed by atoms with Gasteiger partial charge in [0.2, 0.25) is 0 Å². The minimum atomic E-state index is -1.14. The number of methoxy groups -OCH3 is 1. The van der Waals surface area contributed by atoms with Crippen molar-refractivity contribution in [1.29, 1.82) is 0 Å². The lowest BCUT2D eigenvalue weighted by Crippen LogP contribution is -2.13. The van der Waals surface area contributed by atoms with Crippen LogP contribution in [0.25, 0.3) is 10.9 Å². The summed E-state index contributed by atoms with van der Waals surface area (Å²) in [6.07, 6.45) is 0. The van der Waals surface area contributed by atoms with Gasteiger partial charge in [-0.1, -0.05) is 11.6 Å². The summed E-state index contributed by atoms with van der Waals surface area (Å²) in [5, 5.41) is 9.48. The molecule has 1 heterocycles. The molecule has 0 aliphatic rings. The van der Waals surface area contributed by atoms with Crippen molar-refractivity contribution in [2.45, 2.75) is 13.8 Å². The number of hydrogen-bond acceptors (Lipinski definition) is 5. The standard InChI is InChI=1S/C17H14ClNO2.C4H6O4/c1-11-9-13-10-15(21-2)7-8-16(13)19(11)17(20)12-3-5-14(18)6-4-12;1-3(5)8-2-4(6)7/h3-10H,1-2H3;2H2,1H3,(H,6,7). The first-order valence-electron chi connectivity index (χ1n) is 8.54. The van der Waals surface area contributed by atoms with E-state index in [0.29, 0.717) is 10.6 Å². The van der Waals surface area contributed by atoms with E-state index in [2.05, 4.69) is 4.74 Å². The van der Waals surface area contributed by atoms with E-state index in [1.54, 1.807) is 35.9 Å². The summed E-state index contributed by atoms with van der Waals surface area (Å²) in [4.78, 5) is 32.2. The number of nitrogens with zero attached hydrogens (tertiary/aromatic N) is 1. The summed E-state index contributed by atoms with van der Waals surface area (Å²) < 4.78 is 11.0. The molecule has 0 unspecified atom stereocenters. The molecule has 8 heteroatoms. The fourth-order valence-electron chi connectivity index (χ4n) is 2.61. The highest BCUT2D eigenvalue weighted by Crippen LogP contribution is 2.25. The smallest absolute Gasteiger partial charge is 0.341 e. The van der Waals surface area contributed by atoms with Crippen molar-refractivity contribution in [2.24, 2.45) is 0 Å². The predicted octanol–water partition coefficient (Wildman–Crippen LogP) is 3.93. The van der Waals surface area contributed by atoms with Crippen LogP contribution in [0.3, 0.4) is 0 Å². The molecule has 3 rings (SSSR count). The van der Waals surface area contributed by atoms with Crippen LogP contribution in [0.4, 0.5) is 0 Å². The Balaban J connectivity index is 0.000000321. The van der Waals surface area contributed by atoms with E-state index in [1.165, 1.54) is 0 Å². The van der Waals surface area contributed by atoms with Gasteiger partial charge in [-0.2, -0.15) is 0 Å². The third kappa shape index (κ3) is 5.83. The molecule has 0 bridgehead atoms. The molecule has 0 aliphatic heterocycles. The van der Waals surface area contributed by atoms with Crippen molar-refractivity contribution in [3.05, 3.63) is 64.8 Å². The number of aryl methyl sites for hydroxylation is 1. The van der Waals surface area contributed by atoms with Crippen molar-refractivity contribution in [3.63, 3.8) is 0 Å². The zero-order valence-corrected chi connectivity index (χ0v) is 16.9. The fourth-order valence-corrected chi connectivity index (χ4v) is 2.74. The van der Waals surface area contributed by atoms with Gasteiger partial charge < -0.3 is 14.6 Å². The molecule has 0 atom stereocenters. The van der Waals surface area contributed by atoms with Crippen LogP contribution in [-0.2, 0) is 14.3 Å². The molecule has 0 saturated heterocycles. The molecule has 29 heavy (non-hydrogen) atoms. The third-order valence-corrected chi connectivity index (χ3v) is 4.14. The summed E-state index contributed by atoms with van der Waals surface area (Å²) in [7, 11) is 1.63. The summed E-state index contributed by atoms with van der Waals surface area (Å²) in [5.74, 6) is -1.00. The van der Waals surface area contributed by atoms with Crippen molar-refractivity contribution < 1.29 is 29.0 Å². The molecular weight excluding hydrogens is 398 g/mol. The van der Waals surface area contributed by atoms with Gasteiger partial charge in [-0.05, 0) is 55.5 Å². The van der Waals surface area contributed by atoms with E-state index in [1.807, 2.05) is 31.2 Å². The number of carboxylic acid groups (broad SMARTS) is 1. The van der Waals surface area contributed by atoms with Gasteiger partial charge in [-0.25, -0.2) is 4.79 Å². The highest BCUT2D eigenvalue weighted by Gasteiger charge is 2.15. The Morgan fingerprint density at radius 1 is 1.07 bits per heavy atom. The Kier molecular flexibility index (Phi) is 7.39. The second-order valence-corrected chi connectivity index (χ2v) is 6.47. The molecule has 1 N–H and O–H groups in total. The minimum absolute atomic E-state index is 0.0654. The highest BCUT2D eigenvalue weighted by molar-refractivity contribution is 6.30. The largest absolute Gasteiger partial charge is 0.497 e. The first-order chi connectivity index (χ1) is 13.7. The third-order valence-electron chi connectivity index (χ3n) is 3.89. The highest BCUT2D eigenvalue weighted by atomic mass is 35.5. The number of fused-ring (bicyclic) bond motifs is 1. The number of rotatable bonds is 4. The van der Waals surface area contributed by atoms with E-state index < -0.39 is 18.5 Å². The monoisotopic (exact) mass is 417 g/mol. The number of carbonyl (C=O) groups is 3. The summed E-state index contributed by atoms with van der Waals surface area (Å²) in [5.41, 5.74) is 2.36. The summed E-state index contributed by atoms with van der Waals surface area (Å²) in [6.45, 7) is 2.53. The van der Waals surface area contributed by atoms with Crippen molar-refractivity contribution in [2.75, 3.05) is 13.7 Å². The number of hydrogen-bond donors (Lipinski definition) is 1. The van der Waals surface area contributed by atoms with Gasteiger partial charge in [0.25, 0.3) is 5.91 Å². The molecular formula is C21H20ClNO6. The number of benzene rings is 2. The van der Waals surface area contributed by atoms with Gasteiger partial charge in [0, 0.05) is 28.6 Å². The molecule has 0 amide bonds. The van der Waals surface area contributed by atoms with Crippen LogP contribution >= 0.6 is 11.6 Å². The van der Waals surface area contributed by atoms with Gasteiger partial charge in [0.1, 0.15) is 5.75 Å². The van der Waals surface area contributed by atoms with Crippen LogP contribution in [-0.4, -0.2) is 41.2 Å². The van der Waals surface area contributed by atoms with Gasteiger partial charge in [0.05, 0.1) is 12.6 Å². The number of halogens is 1. The zero-order valence-electron chi connectivity index (χ0n) is 16.1. The molecule has 2 aromatic carbocycles. The van der Waals surface area contributed by atoms with Crippen LogP contribution in [0.1, 0.15) is 23.0 Å². The second-order valence-electron chi connectivity index (χ2n) is 6.03. The van der Waals surface area contributed by atoms with Gasteiger partial charge >= 0.3 is 11.9 Å². The van der Waals surface area contributed by atoms with Gasteiger partial charge in [-0.3, -0.25) is 14.2 Å². The average molecular weight is 418 g/mol. The Hall–Kier alpha value is -3.32. The Morgan fingerprint density at radius 3 is 2.24 bits per heavy atom. The van der Waals surface area contributed by atoms with Crippen molar-refractivity contribution >= 4 is 40.3 Å². The van der Waals surface area contributed by atoms with E-state index >= 15 is 0 Å². The number of carbonyl (C=O) groups excluding carboxylic acids is 2. The second kappa shape index (κ2) is 9.75. The molecule has 0 spiro atoms. The Labute approximate surface area is 172 Å².